The van der Waals surface area contributed by atoms with Gasteiger partial charge in [-0.3, -0.25) is 0 Å². The van der Waals surface area contributed by atoms with Crippen LogP contribution in [0.5, 0.6) is 11.5 Å². The van der Waals surface area contributed by atoms with Crippen LogP contribution in [0.2, 0.25) is 0 Å². The van der Waals surface area contributed by atoms with Crippen LogP contribution in [0.1, 0.15) is 6.92 Å². The van der Waals surface area contributed by atoms with Crippen LogP contribution >= 0.6 is 0 Å². The van der Waals surface area contributed by atoms with Crippen molar-refractivity contribution >= 4 is 11.5 Å². The van der Waals surface area contributed by atoms with Gasteiger partial charge < -0.3 is 30.8 Å². The summed E-state index contributed by atoms with van der Waals surface area (Å²) in [5, 5.41) is 9.69. The predicted molar refractivity (Wildman–Crippen MR) is 109 cm³/mol. The molecule has 3 rings (SSSR count). The van der Waals surface area contributed by atoms with E-state index < -0.39 is 6.48 Å². The molecular formula is C21H23N3O4. The summed E-state index contributed by atoms with van der Waals surface area (Å²) in [6, 6.07) is 14.7. The van der Waals surface area contributed by atoms with Crippen LogP contribution in [0.25, 0.3) is 22.3 Å². The van der Waals surface area contributed by atoms with Gasteiger partial charge in [0.1, 0.15) is 5.82 Å². The monoisotopic (exact) mass is 381 g/mol. The number of nitrogens with zero attached hydrogens (tertiary/aromatic N) is 1. The summed E-state index contributed by atoms with van der Waals surface area (Å²) < 4.78 is 15.7. The summed E-state index contributed by atoms with van der Waals surface area (Å²) in [5.41, 5.74) is 16.0. The van der Waals surface area contributed by atoms with Gasteiger partial charge in [-0.25, -0.2) is 4.98 Å². The smallest absolute Gasteiger partial charge is 0.313 e. The Hall–Kier alpha value is -3.29. The van der Waals surface area contributed by atoms with E-state index in [0.717, 1.165) is 22.3 Å². The van der Waals surface area contributed by atoms with Gasteiger partial charge in [-0.1, -0.05) is 18.2 Å². The quantitative estimate of drug-likeness (QED) is 0.425. The van der Waals surface area contributed by atoms with Gasteiger partial charge in [0.15, 0.2) is 11.5 Å². The Bertz CT molecular complexity index is 945. The maximum Gasteiger partial charge on any atom is 0.313 e. The Labute approximate surface area is 163 Å². The van der Waals surface area contributed by atoms with Crippen molar-refractivity contribution in [3.05, 3.63) is 54.7 Å². The molecule has 7 heteroatoms. The van der Waals surface area contributed by atoms with Crippen LogP contribution in [-0.4, -0.2) is 30.3 Å². The summed E-state index contributed by atoms with van der Waals surface area (Å²) in [6.07, 6.45) is 1.69. The molecule has 1 unspecified atom stereocenters. The minimum atomic E-state index is -1.36. The number of benzene rings is 2. The molecule has 0 aliphatic rings. The molecule has 1 heterocycles. The zero-order chi connectivity index (χ0) is 20.1. The van der Waals surface area contributed by atoms with E-state index in [1.165, 1.54) is 7.11 Å². The van der Waals surface area contributed by atoms with Gasteiger partial charge in [-0.15, -0.1) is 0 Å². The maximum absolute atomic E-state index is 9.69. The van der Waals surface area contributed by atoms with Gasteiger partial charge in [-0.2, -0.15) is 0 Å². The van der Waals surface area contributed by atoms with E-state index in [4.69, 9.17) is 25.7 Å². The Morgan fingerprint density at radius 3 is 2.36 bits per heavy atom. The number of aliphatic hydroxyl groups is 1. The number of nitrogens with two attached hydrogens (primary N) is 2. The highest BCUT2D eigenvalue weighted by molar-refractivity contribution is 5.80. The summed E-state index contributed by atoms with van der Waals surface area (Å²) in [4.78, 5) is 4.32. The van der Waals surface area contributed by atoms with Crippen LogP contribution in [0.4, 0.5) is 11.5 Å². The van der Waals surface area contributed by atoms with Crippen molar-refractivity contribution < 1.29 is 19.3 Å². The summed E-state index contributed by atoms with van der Waals surface area (Å²) in [5.74, 6) is 1.26. The Morgan fingerprint density at radius 2 is 1.68 bits per heavy atom. The SMILES string of the molecule is CCOC(O)Oc1ccc(-c2cnc(N)c(-c3ccc(N)cc3)c2)cc1OC. The molecule has 0 spiro atoms. The van der Waals surface area contributed by atoms with Gasteiger partial charge in [0.25, 0.3) is 0 Å². The van der Waals surface area contributed by atoms with Crippen molar-refractivity contribution in [3.8, 4) is 33.8 Å². The zero-order valence-corrected chi connectivity index (χ0v) is 15.8. The molecule has 0 radical (unpaired) electrons. The molecule has 0 saturated heterocycles. The fourth-order valence-electron chi connectivity index (χ4n) is 2.76. The van der Waals surface area contributed by atoms with Crippen LogP contribution in [0.15, 0.2) is 54.7 Å². The number of aromatic nitrogens is 1. The zero-order valence-electron chi connectivity index (χ0n) is 15.8. The second kappa shape index (κ2) is 8.60. The fraction of sp³-hybridized carbons (Fsp3) is 0.190. The topological polar surface area (TPSA) is 113 Å². The molecule has 2 aromatic carbocycles. The van der Waals surface area contributed by atoms with Crippen molar-refractivity contribution in [1.29, 1.82) is 0 Å². The van der Waals surface area contributed by atoms with Crippen molar-refractivity contribution in [3.63, 3.8) is 0 Å². The number of ether oxygens (including phenoxy) is 3. The van der Waals surface area contributed by atoms with Gasteiger partial charge >= 0.3 is 6.48 Å². The van der Waals surface area contributed by atoms with E-state index in [1.54, 1.807) is 25.3 Å². The van der Waals surface area contributed by atoms with E-state index >= 15 is 0 Å². The largest absolute Gasteiger partial charge is 0.493 e. The van der Waals surface area contributed by atoms with Crippen LogP contribution in [0.3, 0.4) is 0 Å². The first kappa shape index (κ1) is 19.5. The molecule has 0 fully saturated rings. The molecule has 5 N–H and O–H groups in total. The number of pyridine rings is 1. The van der Waals surface area contributed by atoms with Crippen molar-refractivity contribution in [2.75, 3.05) is 25.2 Å². The number of methoxy groups -OCH3 is 1. The third-order valence-electron chi connectivity index (χ3n) is 4.17. The second-order valence-electron chi connectivity index (χ2n) is 6.02. The minimum absolute atomic E-state index is 0.326. The normalized spacial score (nSPS) is 11.8. The van der Waals surface area contributed by atoms with Crippen LogP contribution in [-0.2, 0) is 4.74 Å². The van der Waals surface area contributed by atoms with Crippen molar-refractivity contribution in [1.82, 2.24) is 4.98 Å². The van der Waals surface area contributed by atoms with E-state index in [9.17, 15) is 5.11 Å². The minimum Gasteiger partial charge on any atom is -0.493 e. The van der Waals surface area contributed by atoms with E-state index in [2.05, 4.69) is 4.98 Å². The molecule has 7 nitrogen and oxygen atoms in total. The standard InChI is InChI=1S/C21H23N3O4/c1-3-27-21(25)28-18-9-6-14(11-19(18)26-2)15-10-17(20(23)24-12-15)13-4-7-16(22)8-5-13/h4-12,21,25H,3,22H2,1-2H3,(H2,23,24). The Balaban J connectivity index is 1.95. The summed E-state index contributed by atoms with van der Waals surface area (Å²) in [7, 11) is 1.53. The number of aliphatic hydroxyl groups excluding tert-OH is 1. The molecule has 0 aliphatic heterocycles. The second-order valence-corrected chi connectivity index (χ2v) is 6.02. The van der Waals surface area contributed by atoms with Gasteiger partial charge in [0.2, 0.25) is 0 Å². The average molecular weight is 381 g/mol. The fourth-order valence-corrected chi connectivity index (χ4v) is 2.76. The maximum atomic E-state index is 9.69. The molecule has 0 saturated carbocycles. The van der Waals surface area contributed by atoms with Gasteiger partial charge in [0.05, 0.1) is 13.7 Å². The lowest BCUT2D eigenvalue weighted by atomic mass is 10.0. The highest BCUT2D eigenvalue weighted by atomic mass is 16.8. The van der Waals surface area contributed by atoms with Crippen molar-refractivity contribution in [2.24, 2.45) is 0 Å². The van der Waals surface area contributed by atoms with E-state index in [1.807, 2.05) is 36.4 Å². The summed E-state index contributed by atoms with van der Waals surface area (Å²) >= 11 is 0. The highest BCUT2D eigenvalue weighted by Crippen LogP contribution is 2.35. The molecule has 3 aromatic rings. The Kier molecular flexibility index (Phi) is 5.98. The number of hydrogen-bond donors (Lipinski definition) is 3. The molecular weight excluding hydrogens is 358 g/mol. The first-order valence-electron chi connectivity index (χ1n) is 8.78. The molecule has 0 bridgehead atoms. The number of nitrogen functional groups attached to an aromatic ring is 2. The molecule has 1 aromatic heterocycles. The predicted octanol–water partition coefficient (Wildman–Crippen LogP) is 3.28. The van der Waals surface area contributed by atoms with E-state index in [0.29, 0.717) is 29.6 Å². The molecule has 1 atom stereocenters. The number of anilines is 2. The lowest BCUT2D eigenvalue weighted by Crippen LogP contribution is -2.19. The first-order chi connectivity index (χ1) is 13.5. The Morgan fingerprint density at radius 1 is 0.964 bits per heavy atom. The third-order valence-corrected chi connectivity index (χ3v) is 4.17. The lowest BCUT2D eigenvalue weighted by Gasteiger charge is -2.16. The lowest BCUT2D eigenvalue weighted by molar-refractivity contribution is -0.214. The van der Waals surface area contributed by atoms with Gasteiger partial charge in [0, 0.05) is 23.0 Å². The van der Waals surface area contributed by atoms with Crippen LogP contribution < -0.4 is 20.9 Å². The van der Waals surface area contributed by atoms with Crippen LogP contribution in [0, 0.1) is 0 Å². The summed E-state index contributed by atoms with van der Waals surface area (Å²) in [6.45, 7) is 0.728. The first-order valence-corrected chi connectivity index (χ1v) is 8.78. The molecule has 28 heavy (non-hydrogen) atoms. The van der Waals surface area contributed by atoms with E-state index in [-0.39, 0.29) is 0 Å². The van der Waals surface area contributed by atoms with Gasteiger partial charge in [-0.05, 0) is 48.4 Å². The average Bonchev–Trinajstić information content (AvgIpc) is 2.69. The molecule has 146 valence electrons. The molecule has 0 amide bonds. The third kappa shape index (κ3) is 4.33. The van der Waals surface area contributed by atoms with Crippen molar-refractivity contribution in [2.45, 2.75) is 13.4 Å². The number of hydrogen-bond acceptors (Lipinski definition) is 7. The number of rotatable bonds is 7. The molecule has 0 aliphatic carbocycles. The highest BCUT2D eigenvalue weighted by Gasteiger charge is 2.13.